The van der Waals surface area contributed by atoms with Gasteiger partial charge in [0.05, 0.1) is 28.1 Å². The highest BCUT2D eigenvalue weighted by Gasteiger charge is 2.27. The molecule has 0 fully saturated rings. The van der Waals surface area contributed by atoms with Crippen LogP contribution in [-0.4, -0.2) is 4.57 Å². The normalized spacial score (nSPS) is 12.0. The smallest absolute Gasteiger partial charge is 0.0562 e. The fourth-order valence-corrected chi connectivity index (χ4v) is 9.31. The van der Waals surface area contributed by atoms with Gasteiger partial charge in [-0.15, -0.1) is 0 Å². The van der Waals surface area contributed by atoms with Crippen molar-refractivity contribution >= 4 is 49.6 Å². The van der Waals surface area contributed by atoms with Crippen molar-refractivity contribution in [2.45, 2.75) is 52.4 Å². The molecular formula is C60H52N2. The molecule has 10 aromatic rings. The first kappa shape index (κ1) is 39.0. The summed E-state index contributed by atoms with van der Waals surface area (Å²) in [7, 11) is 0. The SMILES string of the molecule is CC(C)(C)c1cc(-c2cccc3cccc(-c4ccccc4N(c4ccccc4-c4ccccc4)c4cccc5c4c4ccccc4n5-c4ccccc4)c23)cc(C(C)(C)C)c1. The summed E-state index contributed by atoms with van der Waals surface area (Å²) < 4.78 is 2.41. The van der Waals surface area contributed by atoms with Crippen molar-refractivity contribution in [3.05, 3.63) is 217 Å². The Hall–Kier alpha value is -7.16. The summed E-state index contributed by atoms with van der Waals surface area (Å²) in [6.45, 7) is 13.9. The van der Waals surface area contributed by atoms with E-state index in [-0.39, 0.29) is 10.8 Å². The molecule has 1 heterocycles. The molecule has 0 atom stereocenters. The molecule has 302 valence electrons. The van der Waals surface area contributed by atoms with E-state index in [2.05, 4.69) is 257 Å². The van der Waals surface area contributed by atoms with E-state index in [1.807, 2.05) is 0 Å². The number of anilines is 3. The van der Waals surface area contributed by atoms with E-state index in [0.717, 1.165) is 28.3 Å². The summed E-state index contributed by atoms with van der Waals surface area (Å²) in [4.78, 5) is 2.53. The Morgan fingerprint density at radius 2 is 0.855 bits per heavy atom. The van der Waals surface area contributed by atoms with Crippen LogP contribution in [0.1, 0.15) is 52.7 Å². The number of rotatable bonds is 7. The van der Waals surface area contributed by atoms with Crippen molar-refractivity contribution in [1.29, 1.82) is 0 Å². The van der Waals surface area contributed by atoms with Crippen molar-refractivity contribution in [2.75, 3.05) is 4.90 Å². The molecule has 0 aliphatic heterocycles. The van der Waals surface area contributed by atoms with Crippen LogP contribution < -0.4 is 4.90 Å². The highest BCUT2D eigenvalue weighted by atomic mass is 15.2. The Labute approximate surface area is 366 Å². The predicted molar refractivity (Wildman–Crippen MR) is 267 cm³/mol. The van der Waals surface area contributed by atoms with Crippen LogP contribution in [0, 0.1) is 0 Å². The lowest BCUT2D eigenvalue weighted by molar-refractivity contribution is 0.569. The van der Waals surface area contributed by atoms with Gasteiger partial charge in [-0.3, -0.25) is 0 Å². The third-order valence-corrected chi connectivity index (χ3v) is 12.5. The van der Waals surface area contributed by atoms with Gasteiger partial charge < -0.3 is 9.47 Å². The van der Waals surface area contributed by atoms with Crippen LogP contribution in [0.5, 0.6) is 0 Å². The number of hydrogen-bond donors (Lipinski definition) is 0. The van der Waals surface area contributed by atoms with Crippen molar-refractivity contribution in [3.8, 4) is 39.1 Å². The number of aromatic nitrogens is 1. The maximum Gasteiger partial charge on any atom is 0.0562 e. The molecule has 0 aliphatic rings. The van der Waals surface area contributed by atoms with E-state index in [9.17, 15) is 0 Å². The Balaban J connectivity index is 1.29. The molecule has 0 N–H and O–H groups in total. The molecule has 10 rings (SSSR count). The minimum Gasteiger partial charge on any atom is -0.309 e. The second-order valence-corrected chi connectivity index (χ2v) is 18.6. The van der Waals surface area contributed by atoms with Crippen LogP contribution in [0.2, 0.25) is 0 Å². The second kappa shape index (κ2) is 15.4. The van der Waals surface area contributed by atoms with Gasteiger partial charge in [0.15, 0.2) is 0 Å². The number of hydrogen-bond acceptors (Lipinski definition) is 1. The van der Waals surface area contributed by atoms with Gasteiger partial charge in [0.1, 0.15) is 0 Å². The Morgan fingerprint density at radius 3 is 1.53 bits per heavy atom. The number of para-hydroxylation sites is 4. The highest BCUT2D eigenvalue weighted by molar-refractivity contribution is 6.18. The van der Waals surface area contributed by atoms with Crippen LogP contribution in [0.3, 0.4) is 0 Å². The quantitative estimate of drug-likeness (QED) is 0.156. The average Bonchev–Trinajstić information content (AvgIpc) is 3.64. The van der Waals surface area contributed by atoms with Crippen molar-refractivity contribution < 1.29 is 0 Å². The molecular weight excluding hydrogens is 749 g/mol. The van der Waals surface area contributed by atoms with Crippen LogP contribution in [-0.2, 0) is 10.8 Å². The molecule has 0 spiro atoms. The fraction of sp³-hybridized carbons (Fsp3) is 0.133. The number of fused-ring (bicyclic) bond motifs is 4. The Morgan fingerprint density at radius 1 is 0.355 bits per heavy atom. The first-order chi connectivity index (χ1) is 30.1. The second-order valence-electron chi connectivity index (χ2n) is 18.6. The molecule has 0 saturated carbocycles. The molecule has 2 nitrogen and oxygen atoms in total. The first-order valence-electron chi connectivity index (χ1n) is 21.9. The van der Waals surface area contributed by atoms with Crippen molar-refractivity contribution in [3.63, 3.8) is 0 Å². The maximum atomic E-state index is 2.53. The van der Waals surface area contributed by atoms with Gasteiger partial charge in [0, 0.05) is 27.6 Å². The van der Waals surface area contributed by atoms with Gasteiger partial charge in [0.2, 0.25) is 0 Å². The van der Waals surface area contributed by atoms with Crippen molar-refractivity contribution in [1.82, 2.24) is 4.57 Å². The van der Waals surface area contributed by atoms with Gasteiger partial charge in [-0.25, -0.2) is 0 Å². The van der Waals surface area contributed by atoms with Gasteiger partial charge in [-0.05, 0) is 97.4 Å². The van der Waals surface area contributed by atoms with E-state index in [1.165, 1.54) is 71.6 Å². The van der Waals surface area contributed by atoms with Gasteiger partial charge in [0.25, 0.3) is 0 Å². The molecule has 2 heteroatoms. The van der Waals surface area contributed by atoms with E-state index < -0.39 is 0 Å². The molecule has 62 heavy (non-hydrogen) atoms. The molecule has 0 bridgehead atoms. The molecule has 0 saturated heterocycles. The van der Waals surface area contributed by atoms with Gasteiger partial charge in [-0.2, -0.15) is 0 Å². The Kier molecular flexibility index (Phi) is 9.68. The predicted octanol–water partition coefficient (Wildman–Crippen LogP) is 17.0. The topological polar surface area (TPSA) is 8.17 Å². The minimum atomic E-state index is -0.00663. The van der Waals surface area contributed by atoms with Crippen molar-refractivity contribution in [2.24, 2.45) is 0 Å². The third-order valence-electron chi connectivity index (χ3n) is 12.5. The molecule has 0 radical (unpaired) electrons. The summed E-state index contributed by atoms with van der Waals surface area (Å²) in [6.07, 6.45) is 0. The molecule has 9 aromatic carbocycles. The zero-order valence-electron chi connectivity index (χ0n) is 36.5. The summed E-state index contributed by atoms with van der Waals surface area (Å²) >= 11 is 0. The van der Waals surface area contributed by atoms with Gasteiger partial charge >= 0.3 is 0 Å². The minimum absolute atomic E-state index is 0.00663. The lowest BCUT2D eigenvalue weighted by Gasteiger charge is -2.31. The summed E-state index contributed by atoms with van der Waals surface area (Å²) in [5.41, 5.74) is 16.7. The molecule has 1 aromatic heterocycles. The Bertz CT molecular complexity index is 3210. The fourth-order valence-electron chi connectivity index (χ4n) is 9.31. The van der Waals surface area contributed by atoms with Crippen LogP contribution in [0.25, 0.3) is 71.6 Å². The van der Waals surface area contributed by atoms with E-state index in [0.29, 0.717) is 0 Å². The average molecular weight is 801 g/mol. The number of nitrogens with zero attached hydrogens (tertiary/aromatic N) is 2. The molecule has 0 aliphatic carbocycles. The van der Waals surface area contributed by atoms with Crippen LogP contribution >= 0.6 is 0 Å². The third kappa shape index (κ3) is 6.86. The van der Waals surface area contributed by atoms with E-state index in [4.69, 9.17) is 0 Å². The standard InChI is InChI=1S/C60H52N2/c1-59(2,3)44-38-43(39-45(40-44)60(4,5)6)48-31-19-24-42-25-20-32-50(57(42)48)49-29-14-17-34-53(49)62(52-33-16-13-28-47(52)41-22-9-7-10-23-41)56-37-21-36-55-58(56)51-30-15-18-35-54(51)61(55)46-26-11-8-12-27-46/h7-40H,1-6H3. The molecule has 0 unspecified atom stereocenters. The zero-order chi connectivity index (χ0) is 42.6. The lowest BCUT2D eigenvalue weighted by atomic mass is 9.78. The largest absolute Gasteiger partial charge is 0.309 e. The maximum absolute atomic E-state index is 2.53. The zero-order valence-corrected chi connectivity index (χ0v) is 36.5. The van der Waals surface area contributed by atoms with E-state index in [1.54, 1.807) is 0 Å². The monoisotopic (exact) mass is 800 g/mol. The summed E-state index contributed by atoms with van der Waals surface area (Å²) in [6, 6.07) is 76.0. The first-order valence-corrected chi connectivity index (χ1v) is 21.9. The van der Waals surface area contributed by atoms with Crippen LogP contribution in [0.4, 0.5) is 17.1 Å². The summed E-state index contributed by atoms with van der Waals surface area (Å²) in [5.74, 6) is 0. The van der Waals surface area contributed by atoms with E-state index >= 15 is 0 Å². The highest BCUT2D eigenvalue weighted by Crippen LogP contribution is 2.50. The number of benzene rings is 9. The van der Waals surface area contributed by atoms with Crippen LogP contribution in [0.15, 0.2) is 206 Å². The summed E-state index contributed by atoms with van der Waals surface area (Å²) in [5, 5.41) is 4.89. The molecule has 0 amide bonds. The lowest BCUT2D eigenvalue weighted by Crippen LogP contribution is -2.16. The van der Waals surface area contributed by atoms with Gasteiger partial charge in [-0.1, -0.05) is 205 Å².